The third-order valence-corrected chi connectivity index (χ3v) is 6.43. The van der Waals surface area contributed by atoms with Gasteiger partial charge in [0, 0.05) is 36.3 Å². The van der Waals surface area contributed by atoms with Crippen molar-refractivity contribution < 1.29 is 14.3 Å². The second-order valence-corrected chi connectivity index (χ2v) is 9.73. The lowest BCUT2D eigenvalue weighted by Crippen LogP contribution is -2.54. The Bertz CT molecular complexity index is 930. The summed E-state index contributed by atoms with van der Waals surface area (Å²) in [6, 6.07) is 10.2. The zero-order chi connectivity index (χ0) is 22.1. The summed E-state index contributed by atoms with van der Waals surface area (Å²) < 4.78 is 14.7. The van der Waals surface area contributed by atoms with Crippen molar-refractivity contribution in [2.45, 2.75) is 52.1 Å². The van der Waals surface area contributed by atoms with E-state index >= 15 is 0 Å². The molecule has 0 saturated carbocycles. The molecule has 1 fully saturated rings. The van der Waals surface area contributed by atoms with E-state index in [0.717, 1.165) is 11.3 Å². The molecule has 2 N–H and O–H groups in total. The first-order valence-electron chi connectivity index (χ1n) is 10.0. The van der Waals surface area contributed by atoms with Gasteiger partial charge in [0.25, 0.3) is 0 Å². The molecule has 0 spiro atoms. The van der Waals surface area contributed by atoms with Crippen molar-refractivity contribution in [3.8, 4) is 0 Å². The molecule has 1 amide bonds. The normalized spacial score (nSPS) is 19.6. The van der Waals surface area contributed by atoms with Crippen LogP contribution in [0.5, 0.6) is 0 Å². The van der Waals surface area contributed by atoms with Crippen LogP contribution in [0.1, 0.15) is 44.7 Å². The molecule has 2 aromatic carbocycles. The molecule has 1 aliphatic rings. The molecule has 30 heavy (non-hydrogen) atoms. The molecule has 7 heteroatoms. The number of piperidine rings is 1. The van der Waals surface area contributed by atoms with Gasteiger partial charge in [-0.25, -0.2) is 9.18 Å². The van der Waals surface area contributed by atoms with Crippen LogP contribution in [0.4, 0.5) is 14.9 Å². The molecular formula is C23H27Cl2FN2O2. The lowest BCUT2D eigenvalue weighted by molar-refractivity contribution is 0.0557. The number of carbonyl (C=O) groups is 1. The number of amides is 1. The largest absolute Gasteiger partial charge is 0.465 e. The summed E-state index contributed by atoms with van der Waals surface area (Å²) >= 11 is 12.1. The zero-order valence-corrected chi connectivity index (χ0v) is 18.9. The highest BCUT2D eigenvalue weighted by Crippen LogP contribution is 2.34. The van der Waals surface area contributed by atoms with Gasteiger partial charge in [-0.3, -0.25) is 0 Å². The molecule has 1 heterocycles. The number of benzene rings is 2. The Morgan fingerprint density at radius 2 is 1.97 bits per heavy atom. The van der Waals surface area contributed by atoms with Crippen LogP contribution < -0.4 is 5.32 Å². The molecular weight excluding hydrogens is 426 g/mol. The van der Waals surface area contributed by atoms with Crippen LogP contribution in [0, 0.1) is 11.2 Å². The maximum absolute atomic E-state index is 14.7. The van der Waals surface area contributed by atoms with E-state index in [9.17, 15) is 14.3 Å². The molecule has 1 saturated heterocycles. The molecule has 0 bridgehead atoms. The third kappa shape index (κ3) is 5.19. The van der Waals surface area contributed by atoms with Gasteiger partial charge in [0.1, 0.15) is 5.82 Å². The monoisotopic (exact) mass is 452 g/mol. The summed E-state index contributed by atoms with van der Waals surface area (Å²) in [6.07, 6.45) is 0.822. The average Bonchev–Trinajstić information content (AvgIpc) is 2.66. The molecule has 162 valence electrons. The first-order valence-corrected chi connectivity index (χ1v) is 10.8. The Morgan fingerprint density at radius 1 is 1.23 bits per heavy atom. The number of nitrogens with one attached hydrogen (secondary N) is 1. The molecule has 1 aliphatic heterocycles. The first kappa shape index (κ1) is 22.7. The molecule has 4 nitrogen and oxygen atoms in total. The van der Waals surface area contributed by atoms with Gasteiger partial charge < -0.3 is 15.3 Å². The molecule has 2 atom stereocenters. The predicted molar refractivity (Wildman–Crippen MR) is 120 cm³/mol. The molecule has 0 aliphatic carbocycles. The van der Waals surface area contributed by atoms with Crippen molar-refractivity contribution in [2.24, 2.45) is 5.41 Å². The third-order valence-electron chi connectivity index (χ3n) is 5.69. The topological polar surface area (TPSA) is 52.6 Å². The van der Waals surface area contributed by atoms with Crippen LogP contribution in [0.25, 0.3) is 0 Å². The van der Waals surface area contributed by atoms with Crippen LogP contribution >= 0.6 is 23.2 Å². The summed E-state index contributed by atoms with van der Waals surface area (Å²) in [6.45, 7) is 6.60. The average molecular weight is 453 g/mol. The molecule has 0 aromatic heterocycles. The van der Waals surface area contributed by atoms with Crippen molar-refractivity contribution in [1.82, 2.24) is 4.90 Å². The van der Waals surface area contributed by atoms with E-state index in [-0.39, 0.29) is 23.3 Å². The minimum atomic E-state index is -0.889. The fourth-order valence-electron chi connectivity index (χ4n) is 4.09. The van der Waals surface area contributed by atoms with Crippen LogP contribution in [0.15, 0.2) is 36.4 Å². The Balaban J connectivity index is 1.82. The first-order chi connectivity index (χ1) is 14.1. The van der Waals surface area contributed by atoms with E-state index in [4.69, 9.17) is 23.2 Å². The van der Waals surface area contributed by atoms with Gasteiger partial charge in [-0.2, -0.15) is 0 Å². The van der Waals surface area contributed by atoms with Crippen molar-refractivity contribution in [1.29, 1.82) is 0 Å². The van der Waals surface area contributed by atoms with Crippen LogP contribution in [0.3, 0.4) is 0 Å². The lowest BCUT2D eigenvalue weighted by atomic mass is 9.79. The fourth-order valence-corrected chi connectivity index (χ4v) is 4.41. The van der Waals surface area contributed by atoms with Crippen molar-refractivity contribution in [3.63, 3.8) is 0 Å². The van der Waals surface area contributed by atoms with Gasteiger partial charge in [0.2, 0.25) is 0 Å². The summed E-state index contributed by atoms with van der Waals surface area (Å²) in [7, 11) is 0. The van der Waals surface area contributed by atoms with Gasteiger partial charge in [-0.1, -0.05) is 56.1 Å². The number of anilines is 1. The summed E-state index contributed by atoms with van der Waals surface area (Å²) in [5.41, 5.74) is 1.96. The number of nitrogens with zero attached hydrogens (tertiary/aromatic N) is 1. The molecule has 2 aromatic rings. The molecule has 0 radical (unpaired) electrons. The standard InChI is InChI=1S/C23H27Cl2FN2O2/c1-23(2,3)21-13-15(9-10-28(21)22(29)30)27-20-6-4-5-19(26)16(20)11-14-7-8-17(24)18(25)12-14/h4-8,12,15,21,27H,9-11,13H2,1-3H3,(H,29,30). The highest BCUT2D eigenvalue weighted by molar-refractivity contribution is 6.42. The van der Waals surface area contributed by atoms with E-state index in [0.29, 0.717) is 41.4 Å². The van der Waals surface area contributed by atoms with E-state index in [2.05, 4.69) is 5.32 Å². The number of halogens is 3. The summed E-state index contributed by atoms with van der Waals surface area (Å²) in [5.74, 6) is -0.290. The number of rotatable bonds is 4. The number of likely N-dealkylation sites (tertiary alicyclic amines) is 1. The van der Waals surface area contributed by atoms with E-state index in [1.807, 2.05) is 32.9 Å². The summed E-state index contributed by atoms with van der Waals surface area (Å²) in [5, 5.41) is 14.0. The van der Waals surface area contributed by atoms with E-state index in [1.165, 1.54) is 11.0 Å². The Kier molecular flexibility index (Phi) is 6.83. The van der Waals surface area contributed by atoms with Crippen molar-refractivity contribution in [3.05, 3.63) is 63.4 Å². The number of hydrogen-bond donors (Lipinski definition) is 2. The minimum Gasteiger partial charge on any atom is -0.465 e. The van der Waals surface area contributed by atoms with Gasteiger partial charge in [-0.05, 0) is 48.1 Å². The number of hydrogen-bond acceptors (Lipinski definition) is 2. The number of carboxylic acid groups (broad SMARTS) is 1. The SMILES string of the molecule is CC(C)(C)C1CC(Nc2cccc(F)c2Cc2ccc(Cl)c(Cl)c2)CCN1C(=O)O. The van der Waals surface area contributed by atoms with Crippen molar-refractivity contribution in [2.75, 3.05) is 11.9 Å². The smallest absolute Gasteiger partial charge is 0.407 e. The fraction of sp³-hybridized carbons (Fsp3) is 0.435. The molecule has 3 rings (SSSR count). The summed E-state index contributed by atoms with van der Waals surface area (Å²) in [4.78, 5) is 13.2. The van der Waals surface area contributed by atoms with Crippen LogP contribution in [-0.2, 0) is 6.42 Å². The van der Waals surface area contributed by atoms with Crippen molar-refractivity contribution >= 4 is 35.0 Å². The highest BCUT2D eigenvalue weighted by atomic mass is 35.5. The van der Waals surface area contributed by atoms with Gasteiger partial charge in [-0.15, -0.1) is 0 Å². The maximum atomic E-state index is 14.7. The highest BCUT2D eigenvalue weighted by Gasteiger charge is 2.38. The second-order valence-electron chi connectivity index (χ2n) is 8.91. The Hall–Kier alpha value is -1.98. The van der Waals surface area contributed by atoms with Gasteiger partial charge >= 0.3 is 6.09 Å². The Labute approximate surface area is 187 Å². The van der Waals surface area contributed by atoms with Gasteiger partial charge in [0.05, 0.1) is 10.0 Å². The second kappa shape index (κ2) is 9.03. The van der Waals surface area contributed by atoms with E-state index in [1.54, 1.807) is 18.2 Å². The lowest BCUT2D eigenvalue weighted by Gasteiger charge is -2.45. The van der Waals surface area contributed by atoms with Crippen LogP contribution in [0.2, 0.25) is 10.0 Å². The quantitative estimate of drug-likeness (QED) is 0.542. The minimum absolute atomic E-state index is 0.0548. The van der Waals surface area contributed by atoms with Crippen LogP contribution in [-0.4, -0.2) is 34.7 Å². The maximum Gasteiger partial charge on any atom is 0.407 e. The molecule has 2 unspecified atom stereocenters. The predicted octanol–water partition coefficient (Wildman–Crippen LogP) is 6.69. The van der Waals surface area contributed by atoms with Gasteiger partial charge in [0.15, 0.2) is 0 Å². The zero-order valence-electron chi connectivity index (χ0n) is 17.4. The van der Waals surface area contributed by atoms with E-state index < -0.39 is 6.09 Å². The Morgan fingerprint density at radius 3 is 2.60 bits per heavy atom.